The van der Waals surface area contributed by atoms with E-state index in [9.17, 15) is 0 Å². The number of ether oxygens (including phenoxy) is 1. The predicted molar refractivity (Wildman–Crippen MR) is 88.9 cm³/mol. The van der Waals surface area contributed by atoms with Crippen LogP contribution in [0.5, 0.6) is 5.75 Å². The molecule has 2 atom stereocenters. The van der Waals surface area contributed by atoms with Crippen LogP contribution in [0.1, 0.15) is 38.7 Å². The number of methoxy groups -OCH3 is 1. The van der Waals surface area contributed by atoms with Gasteiger partial charge in [-0.2, -0.15) is 11.8 Å². The van der Waals surface area contributed by atoms with Crippen molar-refractivity contribution in [2.24, 2.45) is 0 Å². The first-order chi connectivity index (χ1) is 9.68. The lowest BCUT2D eigenvalue weighted by Gasteiger charge is -2.34. The first-order valence-corrected chi connectivity index (χ1v) is 8.67. The van der Waals surface area contributed by atoms with E-state index in [4.69, 9.17) is 4.74 Å². The monoisotopic (exact) mass is 293 g/mol. The molecule has 1 saturated heterocycles. The zero-order valence-corrected chi connectivity index (χ0v) is 13.8. The molecule has 0 aromatic heterocycles. The third-order valence-corrected chi connectivity index (χ3v) is 5.84. The Morgan fingerprint density at radius 1 is 1.45 bits per heavy atom. The van der Waals surface area contributed by atoms with Gasteiger partial charge in [0.25, 0.3) is 0 Å². The van der Waals surface area contributed by atoms with Gasteiger partial charge in [0.1, 0.15) is 5.75 Å². The fraction of sp³-hybridized carbons (Fsp3) is 0.647. The molecule has 20 heavy (non-hydrogen) atoms. The van der Waals surface area contributed by atoms with Crippen molar-refractivity contribution >= 4 is 11.8 Å². The zero-order chi connectivity index (χ0) is 14.4. The molecule has 3 heteroatoms. The molecule has 1 N–H and O–H groups in total. The molecule has 1 aliphatic heterocycles. The summed E-state index contributed by atoms with van der Waals surface area (Å²) in [5.74, 6) is 2.26. The average molecular weight is 293 g/mol. The van der Waals surface area contributed by atoms with Gasteiger partial charge in [0.2, 0.25) is 0 Å². The van der Waals surface area contributed by atoms with Crippen molar-refractivity contribution < 1.29 is 4.74 Å². The van der Waals surface area contributed by atoms with E-state index in [2.05, 4.69) is 49.1 Å². The van der Waals surface area contributed by atoms with E-state index in [0.29, 0.717) is 10.8 Å². The quantitative estimate of drug-likeness (QED) is 0.824. The molecule has 0 spiro atoms. The van der Waals surface area contributed by atoms with Gasteiger partial charge < -0.3 is 10.1 Å². The second kappa shape index (κ2) is 7.37. The third kappa shape index (κ3) is 3.92. The molecular formula is C17H27NOS. The highest BCUT2D eigenvalue weighted by molar-refractivity contribution is 8.00. The summed E-state index contributed by atoms with van der Waals surface area (Å²) in [6.07, 6.45) is 4.95. The Bertz CT molecular complexity index is 415. The van der Waals surface area contributed by atoms with Crippen LogP contribution in [0.25, 0.3) is 0 Å². The summed E-state index contributed by atoms with van der Waals surface area (Å²) in [5, 5.41) is 3.78. The van der Waals surface area contributed by atoms with Crippen molar-refractivity contribution in [1.29, 1.82) is 0 Å². The molecule has 2 unspecified atom stereocenters. The van der Waals surface area contributed by atoms with Crippen molar-refractivity contribution in [3.05, 3.63) is 29.8 Å². The number of thioether (sulfide) groups is 1. The fourth-order valence-electron chi connectivity index (χ4n) is 2.93. The Morgan fingerprint density at radius 3 is 2.95 bits per heavy atom. The zero-order valence-electron chi connectivity index (χ0n) is 12.9. The summed E-state index contributed by atoms with van der Waals surface area (Å²) < 4.78 is 5.72. The molecule has 0 radical (unpaired) electrons. The van der Waals surface area contributed by atoms with Crippen molar-refractivity contribution in [3.63, 3.8) is 0 Å². The first-order valence-electron chi connectivity index (χ1n) is 7.68. The number of hydrogen-bond donors (Lipinski definition) is 1. The highest BCUT2D eigenvalue weighted by atomic mass is 32.2. The van der Waals surface area contributed by atoms with Crippen LogP contribution in [-0.2, 0) is 6.42 Å². The molecule has 0 saturated carbocycles. The van der Waals surface area contributed by atoms with Gasteiger partial charge in [0.15, 0.2) is 0 Å². The second-order valence-electron chi connectivity index (χ2n) is 5.83. The Kier molecular flexibility index (Phi) is 5.79. The molecule has 1 heterocycles. The second-order valence-corrected chi connectivity index (χ2v) is 7.46. The number of rotatable bonds is 7. The van der Waals surface area contributed by atoms with Gasteiger partial charge in [-0.3, -0.25) is 0 Å². The van der Waals surface area contributed by atoms with Crippen LogP contribution in [0, 0.1) is 0 Å². The lowest BCUT2D eigenvalue weighted by Crippen LogP contribution is -2.47. The van der Waals surface area contributed by atoms with Crippen molar-refractivity contribution in [1.82, 2.24) is 5.32 Å². The van der Waals surface area contributed by atoms with Crippen LogP contribution in [0.4, 0.5) is 0 Å². The molecule has 0 aliphatic carbocycles. The number of hydrogen-bond acceptors (Lipinski definition) is 3. The molecule has 0 amide bonds. The number of nitrogens with one attached hydrogen (secondary N) is 1. The van der Waals surface area contributed by atoms with E-state index in [1.54, 1.807) is 7.11 Å². The SMILES string of the molecule is CCCNC(Cc1cccc(OC)c1)C1(C)CCCS1. The summed E-state index contributed by atoms with van der Waals surface area (Å²) >= 11 is 2.14. The summed E-state index contributed by atoms with van der Waals surface area (Å²) in [6.45, 7) is 5.77. The Hall–Kier alpha value is -0.670. The van der Waals surface area contributed by atoms with Crippen LogP contribution in [0.15, 0.2) is 24.3 Å². The van der Waals surface area contributed by atoms with E-state index in [0.717, 1.165) is 18.7 Å². The number of benzene rings is 1. The molecular weight excluding hydrogens is 266 g/mol. The molecule has 1 aromatic rings. The van der Waals surface area contributed by atoms with Gasteiger partial charge in [-0.1, -0.05) is 19.1 Å². The predicted octanol–water partition coefficient (Wildman–Crippen LogP) is 3.89. The summed E-state index contributed by atoms with van der Waals surface area (Å²) in [5.41, 5.74) is 1.37. The maximum atomic E-state index is 5.34. The van der Waals surface area contributed by atoms with Crippen LogP contribution in [0.2, 0.25) is 0 Å². The van der Waals surface area contributed by atoms with Crippen molar-refractivity contribution in [2.75, 3.05) is 19.4 Å². The highest BCUT2D eigenvalue weighted by Gasteiger charge is 2.37. The van der Waals surface area contributed by atoms with E-state index in [1.165, 1.54) is 30.6 Å². The van der Waals surface area contributed by atoms with Crippen molar-refractivity contribution in [3.8, 4) is 5.75 Å². The topological polar surface area (TPSA) is 21.3 Å². The Labute approximate surface area is 127 Å². The molecule has 0 bridgehead atoms. The minimum Gasteiger partial charge on any atom is -0.497 e. The van der Waals surface area contributed by atoms with Gasteiger partial charge in [0, 0.05) is 10.8 Å². The van der Waals surface area contributed by atoms with Crippen LogP contribution in [-0.4, -0.2) is 30.2 Å². The lowest BCUT2D eigenvalue weighted by atomic mass is 9.90. The van der Waals surface area contributed by atoms with Gasteiger partial charge in [-0.25, -0.2) is 0 Å². The Morgan fingerprint density at radius 2 is 2.30 bits per heavy atom. The van der Waals surface area contributed by atoms with Crippen molar-refractivity contribution in [2.45, 2.75) is 50.3 Å². The van der Waals surface area contributed by atoms with Gasteiger partial charge in [-0.15, -0.1) is 0 Å². The summed E-state index contributed by atoms with van der Waals surface area (Å²) in [6, 6.07) is 9.04. The Balaban J connectivity index is 2.10. The standard InChI is InChI=1S/C17H27NOS/c1-4-10-18-16(17(2)9-6-11-20-17)13-14-7-5-8-15(12-14)19-3/h5,7-8,12,16,18H,4,6,9-11,13H2,1-3H3. The van der Waals surface area contributed by atoms with E-state index in [1.807, 2.05) is 6.07 Å². The summed E-state index contributed by atoms with van der Waals surface area (Å²) in [4.78, 5) is 0. The summed E-state index contributed by atoms with van der Waals surface area (Å²) in [7, 11) is 1.74. The molecule has 1 fully saturated rings. The maximum Gasteiger partial charge on any atom is 0.119 e. The lowest BCUT2D eigenvalue weighted by molar-refractivity contribution is 0.395. The molecule has 2 rings (SSSR count). The average Bonchev–Trinajstić information content (AvgIpc) is 2.91. The molecule has 112 valence electrons. The minimum atomic E-state index is 0.373. The normalized spacial score (nSPS) is 23.8. The molecule has 1 aliphatic rings. The maximum absolute atomic E-state index is 5.34. The highest BCUT2D eigenvalue weighted by Crippen LogP contribution is 2.41. The van der Waals surface area contributed by atoms with Gasteiger partial charge >= 0.3 is 0 Å². The molecule has 1 aromatic carbocycles. The fourth-order valence-corrected chi connectivity index (χ4v) is 4.34. The van der Waals surface area contributed by atoms with Crippen LogP contribution < -0.4 is 10.1 Å². The van der Waals surface area contributed by atoms with E-state index < -0.39 is 0 Å². The van der Waals surface area contributed by atoms with E-state index >= 15 is 0 Å². The first kappa shape index (κ1) is 15.7. The molecule has 2 nitrogen and oxygen atoms in total. The smallest absolute Gasteiger partial charge is 0.119 e. The van der Waals surface area contributed by atoms with E-state index in [-0.39, 0.29) is 0 Å². The van der Waals surface area contributed by atoms with Crippen LogP contribution >= 0.6 is 11.8 Å². The van der Waals surface area contributed by atoms with Crippen LogP contribution in [0.3, 0.4) is 0 Å². The van der Waals surface area contributed by atoms with Gasteiger partial charge in [-0.05, 0) is 62.6 Å². The largest absolute Gasteiger partial charge is 0.497 e. The minimum absolute atomic E-state index is 0.373. The third-order valence-electron chi connectivity index (χ3n) is 4.20. The van der Waals surface area contributed by atoms with Gasteiger partial charge in [0.05, 0.1) is 7.11 Å².